The third kappa shape index (κ3) is 4.37. The summed E-state index contributed by atoms with van der Waals surface area (Å²) in [6.07, 6.45) is 6.38. The maximum Gasteiger partial charge on any atom is 0.304 e. The lowest BCUT2D eigenvalue weighted by molar-refractivity contribution is -0.130. The van der Waals surface area contributed by atoms with Gasteiger partial charge < -0.3 is 14.4 Å². The number of amides is 1. The van der Waals surface area contributed by atoms with Crippen LogP contribution in [-0.2, 0) is 11.8 Å². The first-order valence-electron chi connectivity index (χ1n) is 10.1. The molecule has 1 aliphatic rings. The van der Waals surface area contributed by atoms with Crippen molar-refractivity contribution in [3.63, 3.8) is 0 Å². The normalized spacial score (nSPS) is 17.5. The van der Waals surface area contributed by atoms with Crippen LogP contribution in [0.3, 0.4) is 0 Å². The quantitative estimate of drug-likeness (QED) is 0.512. The van der Waals surface area contributed by atoms with Gasteiger partial charge in [-0.05, 0) is 32.4 Å². The number of aromatic nitrogens is 4. The fourth-order valence-corrected chi connectivity index (χ4v) is 3.26. The molecular weight excluding hydrogens is 382 g/mol. The van der Waals surface area contributed by atoms with Gasteiger partial charge in [-0.25, -0.2) is 4.98 Å². The smallest absolute Gasteiger partial charge is 0.304 e. The van der Waals surface area contributed by atoms with Crippen LogP contribution in [0, 0.1) is 0 Å². The molecule has 0 bridgehead atoms. The molecule has 1 atom stereocenters. The Balaban J connectivity index is 1.89. The Morgan fingerprint density at radius 3 is 2.80 bits per heavy atom. The minimum Gasteiger partial charge on any atom is -0.471 e. The van der Waals surface area contributed by atoms with E-state index in [1.54, 1.807) is 4.57 Å². The standard InChI is InChI=1S/C22H29N5O3/c1-7-9-17(15(5)14(3)4)30-22-25-19-20(26(22)6)23-13-24-21(19)29-16-10-11-27(12-16)18(28)8-2/h7,9,13,16H,3,8,10-12H2,1-2,4-6H3. The minimum atomic E-state index is -0.117. The average Bonchev–Trinajstić information content (AvgIpc) is 3.32. The molecule has 8 heteroatoms. The van der Waals surface area contributed by atoms with E-state index >= 15 is 0 Å². The van der Waals surface area contributed by atoms with Crippen molar-refractivity contribution < 1.29 is 14.3 Å². The summed E-state index contributed by atoms with van der Waals surface area (Å²) < 4.78 is 14.0. The molecule has 1 fully saturated rings. The van der Waals surface area contributed by atoms with Crippen LogP contribution in [-0.4, -0.2) is 49.5 Å². The lowest BCUT2D eigenvalue weighted by Crippen LogP contribution is -2.30. The molecule has 3 heterocycles. The van der Waals surface area contributed by atoms with Gasteiger partial charge in [0.2, 0.25) is 11.8 Å². The zero-order chi connectivity index (χ0) is 21.8. The van der Waals surface area contributed by atoms with Crippen LogP contribution >= 0.6 is 0 Å². The largest absolute Gasteiger partial charge is 0.471 e. The molecule has 1 unspecified atom stereocenters. The molecule has 0 radical (unpaired) electrons. The Hall–Kier alpha value is -3.16. The predicted octanol–water partition coefficient (Wildman–Crippen LogP) is 3.56. The van der Waals surface area contributed by atoms with Gasteiger partial charge in [0, 0.05) is 26.4 Å². The van der Waals surface area contributed by atoms with Crippen molar-refractivity contribution in [3.8, 4) is 11.9 Å². The van der Waals surface area contributed by atoms with Crippen LogP contribution in [0.25, 0.3) is 11.2 Å². The van der Waals surface area contributed by atoms with E-state index in [-0.39, 0.29) is 12.0 Å². The Labute approximate surface area is 176 Å². The first-order chi connectivity index (χ1) is 14.3. The van der Waals surface area contributed by atoms with E-state index in [1.807, 2.05) is 51.8 Å². The third-order valence-corrected chi connectivity index (χ3v) is 5.19. The molecule has 3 rings (SSSR count). The number of allylic oxidation sites excluding steroid dienone is 4. The van der Waals surface area contributed by atoms with Gasteiger partial charge in [0.15, 0.2) is 11.2 Å². The third-order valence-electron chi connectivity index (χ3n) is 5.19. The number of nitrogens with zero attached hydrogens (tertiary/aromatic N) is 5. The second kappa shape index (κ2) is 9.11. The highest BCUT2D eigenvalue weighted by Gasteiger charge is 2.28. The van der Waals surface area contributed by atoms with Crippen molar-refractivity contribution in [2.24, 2.45) is 7.05 Å². The van der Waals surface area contributed by atoms with Crippen LogP contribution in [0.1, 0.15) is 40.5 Å². The van der Waals surface area contributed by atoms with E-state index in [9.17, 15) is 4.79 Å². The van der Waals surface area contributed by atoms with Crippen LogP contribution in [0.4, 0.5) is 0 Å². The second-order valence-corrected chi connectivity index (χ2v) is 7.40. The molecule has 0 saturated carbocycles. The molecule has 30 heavy (non-hydrogen) atoms. The lowest BCUT2D eigenvalue weighted by atomic mass is 10.1. The van der Waals surface area contributed by atoms with Crippen LogP contribution in [0.5, 0.6) is 11.9 Å². The number of ether oxygens (including phenoxy) is 2. The van der Waals surface area contributed by atoms with Crippen molar-refractivity contribution in [1.29, 1.82) is 0 Å². The second-order valence-electron chi connectivity index (χ2n) is 7.40. The molecule has 0 N–H and O–H groups in total. The zero-order valence-corrected chi connectivity index (χ0v) is 18.3. The molecule has 8 nitrogen and oxygen atoms in total. The summed E-state index contributed by atoms with van der Waals surface area (Å²) in [6.45, 7) is 12.9. The van der Waals surface area contributed by atoms with Gasteiger partial charge in [-0.2, -0.15) is 9.97 Å². The highest BCUT2D eigenvalue weighted by atomic mass is 16.5. The van der Waals surface area contributed by atoms with Crippen LogP contribution < -0.4 is 9.47 Å². The summed E-state index contributed by atoms with van der Waals surface area (Å²) in [7, 11) is 1.84. The predicted molar refractivity (Wildman–Crippen MR) is 115 cm³/mol. The zero-order valence-electron chi connectivity index (χ0n) is 18.3. The van der Waals surface area contributed by atoms with E-state index in [0.29, 0.717) is 48.3 Å². The molecule has 0 aliphatic carbocycles. The van der Waals surface area contributed by atoms with Gasteiger partial charge in [0.1, 0.15) is 18.2 Å². The summed E-state index contributed by atoms with van der Waals surface area (Å²) in [5, 5.41) is 0. The van der Waals surface area contributed by atoms with E-state index < -0.39 is 0 Å². The van der Waals surface area contributed by atoms with Crippen molar-refractivity contribution in [1.82, 2.24) is 24.4 Å². The molecule has 2 aromatic heterocycles. The number of carbonyl (C=O) groups excluding carboxylic acids is 1. The van der Waals surface area contributed by atoms with E-state index in [0.717, 1.165) is 17.6 Å². The maximum absolute atomic E-state index is 11.9. The number of rotatable bonds is 7. The number of hydrogen-bond donors (Lipinski definition) is 0. The summed E-state index contributed by atoms with van der Waals surface area (Å²) in [5.41, 5.74) is 3.00. The minimum absolute atomic E-state index is 0.117. The van der Waals surface area contributed by atoms with Gasteiger partial charge in [-0.15, -0.1) is 0 Å². The summed E-state index contributed by atoms with van der Waals surface area (Å²) >= 11 is 0. The summed E-state index contributed by atoms with van der Waals surface area (Å²) in [4.78, 5) is 27.0. The molecular formula is C22H29N5O3. The maximum atomic E-state index is 11.9. The molecule has 160 valence electrons. The van der Waals surface area contributed by atoms with E-state index in [4.69, 9.17) is 9.47 Å². The van der Waals surface area contributed by atoms with Gasteiger partial charge in [0.25, 0.3) is 0 Å². The van der Waals surface area contributed by atoms with Gasteiger partial charge >= 0.3 is 6.01 Å². The van der Waals surface area contributed by atoms with Crippen LogP contribution in [0.2, 0.25) is 0 Å². The number of carbonyl (C=O) groups is 1. The fraction of sp³-hybridized carbons (Fsp3) is 0.455. The summed E-state index contributed by atoms with van der Waals surface area (Å²) in [5.74, 6) is 1.21. The highest BCUT2D eigenvalue weighted by Crippen LogP contribution is 2.28. The monoisotopic (exact) mass is 411 g/mol. The number of fused-ring (bicyclic) bond motifs is 1. The first-order valence-corrected chi connectivity index (χ1v) is 10.1. The van der Waals surface area contributed by atoms with Crippen molar-refractivity contribution in [3.05, 3.63) is 42.0 Å². The van der Waals surface area contributed by atoms with Crippen LogP contribution in [0.15, 0.2) is 42.0 Å². The number of hydrogen-bond acceptors (Lipinski definition) is 6. The Bertz CT molecular complexity index is 1020. The number of aryl methyl sites for hydroxylation is 1. The Kier molecular flexibility index (Phi) is 6.54. The van der Waals surface area contributed by atoms with Crippen molar-refractivity contribution >= 4 is 17.1 Å². The Morgan fingerprint density at radius 2 is 2.13 bits per heavy atom. The van der Waals surface area contributed by atoms with Gasteiger partial charge in [-0.1, -0.05) is 25.2 Å². The first kappa shape index (κ1) is 21.5. The topological polar surface area (TPSA) is 82.4 Å². The molecule has 1 aliphatic heterocycles. The fourth-order valence-electron chi connectivity index (χ4n) is 3.26. The molecule has 0 aromatic carbocycles. The van der Waals surface area contributed by atoms with Crippen molar-refractivity contribution in [2.45, 2.75) is 46.6 Å². The molecule has 2 aromatic rings. The van der Waals surface area contributed by atoms with Gasteiger partial charge in [0.05, 0.1) is 6.54 Å². The van der Waals surface area contributed by atoms with Crippen molar-refractivity contribution in [2.75, 3.05) is 13.1 Å². The lowest BCUT2D eigenvalue weighted by Gasteiger charge is -2.16. The SMILES string of the molecule is C=C(C)C(C)=C(C=CC)Oc1nc2c(OC3CCN(C(=O)CC)C3)ncnc2n1C. The molecule has 1 saturated heterocycles. The van der Waals surface area contributed by atoms with E-state index in [1.165, 1.54) is 6.33 Å². The highest BCUT2D eigenvalue weighted by molar-refractivity contribution is 5.78. The summed E-state index contributed by atoms with van der Waals surface area (Å²) in [6, 6.07) is 0.387. The van der Waals surface area contributed by atoms with Gasteiger partial charge in [-0.3, -0.25) is 9.36 Å². The number of likely N-dealkylation sites (tertiary alicyclic amines) is 1. The number of imidazole rings is 1. The molecule has 1 amide bonds. The average molecular weight is 412 g/mol. The Morgan fingerprint density at radius 1 is 1.37 bits per heavy atom. The van der Waals surface area contributed by atoms with E-state index in [2.05, 4.69) is 21.5 Å². The molecule has 0 spiro atoms.